The van der Waals surface area contributed by atoms with E-state index in [0.717, 1.165) is 6.07 Å². The summed E-state index contributed by atoms with van der Waals surface area (Å²) in [5.74, 6) is -1.09. The van der Waals surface area contributed by atoms with E-state index < -0.39 is 33.4 Å². The summed E-state index contributed by atoms with van der Waals surface area (Å²) in [5.41, 5.74) is 5.01. The molecule has 0 aromatic heterocycles. The molecule has 102 valence electrons. The zero-order chi connectivity index (χ0) is 14.1. The molecule has 0 aliphatic heterocycles. The minimum atomic E-state index is -4.13. The Kier molecular flexibility index (Phi) is 4.96. The fourth-order valence-electron chi connectivity index (χ4n) is 1.16. The molecule has 0 amide bonds. The first-order chi connectivity index (χ1) is 8.20. The number of aliphatic hydroxyl groups excluding tert-OH is 1. The average molecular weight is 362 g/mol. The van der Waals surface area contributed by atoms with Crippen LogP contribution in [0.1, 0.15) is 6.92 Å². The number of anilines is 1. The van der Waals surface area contributed by atoms with Crippen LogP contribution in [0.15, 0.2) is 15.4 Å². The Balaban J connectivity index is 3.34. The molecule has 1 aromatic rings. The highest BCUT2D eigenvalue weighted by molar-refractivity contribution is 9.10. The molecule has 5 nitrogen and oxygen atoms in total. The van der Waals surface area contributed by atoms with Gasteiger partial charge in [0, 0.05) is 6.04 Å². The number of nitrogen functional groups attached to an aromatic ring is 1. The van der Waals surface area contributed by atoms with Crippen LogP contribution in [0.4, 0.5) is 10.1 Å². The molecule has 0 unspecified atom stereocenters. The Morgan fingerprint density at radius 3 is 2.72 bits per heavy atom. The van der Waals surface area contributed by atoms with Gasteiger partial charge in [-0.2, -0.15) is 0 Å². The van der Waals surface area contributed by atoms with Crippen molar-refractivity contribution in [2.75, 3.05) is 12.3 Å². The van der Waals surface area contributed by atoms with Crippen molar-refractivity contribution in [2.24, 2.45) is 0 Å². The van der Waals surface area contributed by atoms with Crippen molar-refractivity contribution in [3.05, 3.63) is 21.4 Å². The number of hydrogen-bond donors (Lipinski definition) is 3. The van der Waals surface area contributed by atoms with Crippen LogP contribution in [0.5, 0.6) is 0 Å². The summed E-state index contributed by atoms with van der Waals surface area (Å²) in [5, 5.41) is 8.77. The van der Waals surface area contributed by atoms with Crippen molar-refractivity contribution >= 4 is 43.2 Å². The molecule has 9 heteroatoms. The monoisotopic (exact) mass is 360 g/mol. The summed E-state index contributed by atoms with van der Waals surface area (Å²) >= 11 is 8.68. The number of nitrogens with one attached hydrogen (secondary N) is 1. The lowest BCUT2D eigenvalue weighted by atomic mass is 10.3. The molecule has 4 N–H and O–H groups in total. The summed E-state index contributed by atoms with van der Waals surface area (Å²) < 4.78 is 39.7. The average Bonchev–Trinajstić information content (AvgIpc) is 2.30. The van der Waals surface area contributed by atoms with E-state index in [1.54, 1.807) is 0 Å². The first-order valence-corrected chi connectivity index (χ1v) is 7.42. The van der Waals surface area contributed by atoms with Gasteiger partial charge < -0.3 is 10.8 Å². The molecule has 0 aliphatic rings. The van der Waals surface area contributed by atoms with Crippen molar-refractivity contribution in [3.63, 3.8) is 0 Å². The van der Waals surface area contributed by atoms with Crippen molar-refractivity contribution in [3.8, 4) is 0 Å². The Hall–Kier alpha value is -0.410. The summed E-state index contributed by atoms with van der Waals surface area (Å²) in [6.07, 6.45) is 0. The third kappa shape index (κ3) is 3.12. The molecule has 0 fully saturated rings. The van der Waals surface area contributed by atoms with Gasteiger partial charge >= 0.3 is 0 Å². The van der Waals surface area contributed by atoms with E-state index in [9.17, 15) is 12.8 Å². The molecule has 1 atom stereocenters. The second-order valence-corrected chi connectivity index (χ2v) is 6.49. The fourth-order valence-corrected chi connectivity index (χ4v) is 3.07. The Labute approximate surface area is 117 Å². The fraction of sp³-hybridized carbons (Fsp3) is 0.333. The van der Waals surface area contributed by atoms with Gasteiger partial charge in [0.25, 0.3) is 0 Å². The quantitative estimate of drug-likeness (QED) is 0.559. The second-order valence-electron chi connectivity index (χ2n) is 3.60. The number of hydrogen-bond acceptors (Lipinski definition) is 4. The molecule has 0 saturated heterocycles. The SMILES string of the molecule is C[C@@H](CO)NS(=O)(=O)c1cc(Cl)c(Br)c(N)c1F. The standard InChI is InChI=1S/C9H11BrClFN2O3S/c1-4(3-15)14-18(16,17)6-2-5(11)7(10)9(13)8(6)12/h2,4,14-15H,3,13H2,1H3/t4-/m0/s1. The lowest BCUT2D eigenvalue weighted by Gasteiger charge is -2.14. The maximum absolute atomic E-state index is 13.8. The van der Waals surface area contributed by atoms with Gasteiger partial charge in [0.1, 0.15) is 4.90 Å². The summed E-state index contributed by atoms with van der Waals surface area (Å²) in [4.78, 5) is -0.659. The van der Waals surface area contributed by atoms with E-state index in [1.807, 2.05) is 0 Å². The van der Waals surface area contributed by atoms with Gasteiger partial charge in [-0.1, -0.05) is 11.6 Å². The Bertz CT molecular complexity index is 567. The first-order valence-electron chi connectivity index (χ1n) is 4.77. The number of nitrogens with two attached hydrogens (primary N) is 1. The third-order valence-corrected chi connectivity index (χ3v) is 5.05. The van der Waals surface area contributed by atoms with Gasteiger partial charge in [-0.15, -0.1) is 0 Å². The number of benzene rings is 1. The summed E-state index contributed by atoms with van der Waals surface area (Å²) in [6.45, 7) is 1.01. The minimum absolute atomic E-state index is 0.0223. The zero-order valence-electron chi connectivity index (χ0n) is 9.25. The lowest BCUT2D eigenvalue weighted by molar-refractivity contribution is 0.265. The molecule has 0 saturated carbocycles. The minimum Gasteiger partial charge on any atom is -0.395 e. The van der Waals surface area contributed by atoms with E-state index in [2.05, 4.69) is 20.7 Å². The van der Waals surface area contributed by atoms with Gasteiger partial charge in [0.2, 0.25) is 10.0 Å². The van der Waals surface area contributed by atoms with E-state index in [0.29, 0.717) is 0 Å². The van der Waals surface area contributed by atoms with Crippen LogP contribution in [0, 0.1) is 5.82 Å². The van der Waals surface area contributed by atoms with Crippen molar-refractivity contribution in [1.82, 2.24) is 4.72 Å². The molecule has 1 aromatic carbocycles. The lowest BCUT2D eigenvalue weighted by Crippen LogP contribution is -2.35. The highest BCUT2D eigenvalue weighted by atomic mass is 79.9. The van der Waals surface area contributed by atoms with Crippen LogP contribution in [-0.4, -0.2) is 26.2 Å². The number of sulfonamides is 1. The maximum atomic E-state index is 13.8. The van der Waals surface area contributed by atoms with Crippen LogP contribution in [0.3, 0.4) is 0 Å². The zero-order valence-corrected chi connectivity index (χ0v) is 12.4. The van der Waals surface area contributed by atoms with Crippen molar-refractivity contribution < 1.29 is 17.9 Å². The van der Waals surface area contributed by atoms with E-state index in [-0.39, 0.29) is 15.2 Å². The number of halogens is 3. The smallest absolute Gasteiger partial charge is 0.243 e. The van der Waals surface area contributed by atoms with E-state index in [4.69, 9.17) is 22.4 Å². The van der Waals surface area contributed by atoms with Crippen LogP contribution >= 0.6 is 27.5 Å². The highest BCUT2D eigenvalue weighted by Crippen LogP contribution is 2.34. The van der Waals surface area contributed by atoms with Crippen LogP contribution in [0.25, 0.3) is 0 Å². The van der Waals surface area contributed by atoms with Crippen LogP contribution in [0.2, 0.25) is 5.02 Å². The summed E-state index contributed by atoms with van der Waals surface area (Å²) in [6, 6.07) is 0.196. The van der Waals surface area contributed by atoms with E-state index in [1.165, 1.54) is 6.92 Å². The Morgan fingerprint density at radius 1 is 1.67 bits per heavy atom. The largest absolute Gasteiger partial charge is 0.395 e. The molecule has 0 spiro atoms. The van der Waals surface area contributed by atoms with Gasteiger partial charge in [-0.3, -0.25) is 0 Å². The number of rotatable bonds is 4. The number of aliphatic hydroxyl groups is 1. The van der Waals surface area contributed by atoms with E-state index >= 15 is 0 Å². The third-order valence-electron chi connectivity index (χ3n) is 2.08. The van der Waals surface area contributed by atoms with Gasteiger partial charge in [0.05, 0.1) is 21.8 Å². The Morgan fingerprint density at radius 2 is 2.22 bits per heavy atom. The molecule has 1 rings (SSSR count). The molecule has 0 aliphatic carbocycles. The van der Waals surface area contributed by atoms with Crippen LogP contribution < -0.4 is 10.5 Å². The maximum Gasteiger partial charge on any atom is 0.243 e. The predicted molar refractivity (Wildman–Crippen MR) is 70.4 cm³/mol. The first kappa shape index (κ1) is 15.6. The molecule has 0 bridgehead atoms. The molecule has 18 heavy (non-hydrogen) atoms. The highest BCUT2D eigenvalue weighted by Gasteiger charge is 2.25. The van der Waals surface area contributed by atoms with Gasteiger partial charge in [-0.25, -0.2) is 17.5 Å². The van der Waals surface area contributed by atoms with Crippen LogP contribution in [-0.2, 0) is 10.0 Å². The predicted octanol–water partition coefficient (Wildman–Crippen LogP) is 1.48. The topological polar surface area (TPSA) is 92.4 Å². The molecule has 0 heterocycles. The van der Waals surface area contributed by atoms with Crippen molar-refractivity contribution in [1.29, 1.82) is 0 Å². The molecular weight excluding hydrogens is 351 g/mol. The molecule has 0 radical (unpaired) electrons. The normalized spacial score (nSPS) is 13.6. The summed E-state index contributed by atoms with van der Waals surface area (Å²) in [7, 11) is -4.13. The van der Waals surface area contributed by atoms with Gasteiger partial charge in [0.15, 0.2) is 5.82 Å². The second kappa shape index (κ2) is 5.70. The molecular formula is C9H11BrClFN2O3S. The van der Waals surface area contributed by atoms with Gasteiger partial charge in [-0.05, 0) is 28.9 Å². The van der Waals surface area contributed by atoms with Crippen molar-refractivity contribution in [2.45, 2.75) is 17.9 Å².